The lowest BCUT2D eigenvalue weighted by molar-refractivity contribution is 0.0922. The third-order valence-electron chi connectivity index (χ3n) is 4.55. The van der Waals surface area contributed by atoms with E-state index in [4.69, 9.17) is 0 Å². The number of benzene rings is 2. The van der Waals surface area contributed by atoms with Crippen molar-refractivity contribution in [3.63, 3.8) is 0 Å². The van der Waals surface area contributed by atoms with E-state index in [1.807, 2.05) is 43.3 Å². The molecule has 6 nitrogen and oxygen atoms in total. The fraction of sp³-hybridized carbons (Fsp3) is 0.318. The number of nitrogens with zero attached hydrogens (tertiary/aromatic N) is 3. The maximum Gasteiger partial charge on any atom is 0.251 e. The average Bonchev–Trinajstić information content (AvgIpc) is 3.18. The van der Waals surface area contributed by atoms with Crippen LogP contribution in [0.15, 0.2) is 48.8 Å². The minimum absolute atomic E-state index is 0.114. The van der Waals surface area contributed by atoms with Crippen LogP contribution in [0.25, 0.3) is 16.8 Å². The van der Waals surface area contributed by atoms with Gasteiger partial charge in [0.15, 0.2) is 0 Å². The van der Waals surface area contributed by atoms with Crippen LogP contribution in [0.3, 0.4) is 0 Å². The van der Waals surface area contributed by atoms with Crippen LogP contribution in [0.5, 0.6) is 0 Å². The Hall–Kier alpha value is -2.99. The lowest BCUT2D eigenvalue weighted by Crippen LogP contribution is -2.35. The van der Waals surface area contributed by atoms with Crippen molar-refractivity contribution < 1.29 is 9.90 Å². The SMILES string of the molecule is Cc1ccc(-c2cc(C(=O)N[C@@H](C)CO)cc(-n3ncnc3C(C)C)c2)cc1. The van der Waals surface area contributed by atoms with Gasteiger partial charge < -0.3 is 10.4 Å². The fourth-order valence-electron chi connectivity index (χ4n) is 2.97. The number of hydrogen-bond donors (Lipinski definition) is 2. The Morgan fingerprint density at radius 3 is 2.46 bits per heavy atom. The molecule has 1 atom stereocenters. The summed E-state index contributed by atoms with van der Waals surface area (Å²) >= 11 is 0. The molecule has 0 saturated heterocycles. The van der Waals surface area contributed by atoms with E-state index >= 15 is 0 Å². The van der Waals surface area contributed by atoms with Crippen LogP contribution in [0, 0.1) is 6.92 Å². The van der Waals surface area contributed by atoms with E-state index in [0.717, 1.165) is 22.6 Å². The van der Waals surface area contributed by atoms with Crippen molar-refractivity contribution in [1.82, 2.24) is 20.1 Å². The summed E-state index contributed by atoms with van der Waals surface area (Å²) in [5, 5.41) is 16.4. The summed E-state index contributed by atoms with van der Waals surface area (Å²) in [7, 11) is 0. The van der Waals surface area contributed by atoms with Crippen molar-refractivity contribution >= 4 is 5.91 Å². The van der Waals surface area contributed by atoms with Gasteiger partial charge in [-0.1, -0.05) is 43.7 Å². The molecule has 0 aliphatic rings. The molecule has 0 bridgehead atoms. The molecule has 0 aliphatic heterocycles. The lowest BCUT2D eigenvalue weighted by Gasteiger charge is -2.15. The summed E-state index contributed by atoms with van der Waals surface area (Å²) in [6.45, 7) is 7.80. The molecule has 1 heterocycles. The predicted molar refractivity (Wildman–Crippen MR) is 110 cm³/mol. The van der Waals surface area contributed by atoms with Gasteiger partial charge in [-0.15, -0.1) is 0 Å². The zero-order valence-electron chi connectivity index (χ0n) is 16.7. The van der Waals surface area contributed by atoms with E-state index in [0.29, 0.717) is 5.56 Å². The van der Waals surface area contributed by atoms with E-state index < -0.39 is 0 Å². The number of aliphatic hydroxyl groups excluding tert-OH is 1. The summed E-state index contributed by atoms with van der Waals surface area (Å²) in [6.07, 6.45) is 1.53. The van der Waals surface area contributed by atoms with Gasteiger partial charge in [0, 0.05) is 17.5 Å². The quantitative estimate of drug-likeness (QED) is 0.688. The van der Waals surface area contributed by atoms with Gasteiger partial charge in [0.2, 0.25) is 0 Å². The largest absolute Gasteiger partial charge is 0.394 e. The van der Waals surface area contributed by atoms with Gasteiger partial charge in [-0.3, -0.25) is 4.79 Å². The molecule has 0 radical (unpaired) electrons. The van der Waals surface area contributed by atoms with Gasteiger partial charge in [0.25, 0.3) is 5.91 Å². The van der Waals surface area contributed by atoms with Crippen LogP contribution in [0.2, 0.25) is 0 Å². The first kappa shape index (κ1) is 19.8. The molecule has 3 aromatic rings. The van der Waals surface area contributed by atoms with Gasteiger partial charge in [-0.2, -0.15) is 5.10 Å². The number of carbonyl (C=O) groups is 1. The number of carbonyl (C=O) groups excluding carboxylic acids is 1. The molecule has 0 spiro atoms. The van der Waals surface area contributed by atoms with Crippen molar-refractivity contribution in [2.45, 2.75) is 39.7 Å². The molecule has 0 saturated carbocycles. The second kappa shape index (κ2) is 8.35. The molecular weight excluding hydrogens is 352 g/mol. The van der Waals surface area contributed by atoms with Gasteiger partial charge in [-0.05, 0) is 43.2 Å². The van der Waals surface area contributed by atoms with E-state index in [2.05, 4.69) is 29.2 Å². The van der Waals surface area contributed by atoms with Crippen LogP contribution in [0.4, 0.5) is 0 Å². The summed E-state index contributed by atoms with van der Waals surface area (Å²) in [5.41, 5.74) is 4.40. The van der Waals surface area contributed by atoms with Gasteiger partial charge >= 0.3 is 0 Å². The Morgan fingerprint density at radius 1 is 1.11 bits per heavy atom. The number of aromatic nitrogens is 3. The molecule has 0 fully saturated rings. The Labute approximate surface area is 165 Å². The second-order valence-corrected chi connectivity index (χ2v) is 7.38. The van der Waals surface area contributed by atoms with Crippen molar-refractivity contribution in [3.8, 4) is 16.8 Å². The molecule has 28 heavy (non-hydrogen) atoms. The van der Waals surface area contributed by atoms with E-state index in [9.17, 15) is 9.90 Å². The highest BCUT2D eigenvalue weighted by molar-refractivity contribution is 5.96. The van der Waals surface area contributed by atoms with Gasteiger partial charge in [-0.25, -0.2) is 9.67 Å². The Bertz CT molecular complexity index is 961. The minimum atomic E-state index is -0.323. The molecule has 1 amide bonds. The van der Waals surface area contributed by atoms with Crippen molar-refractivity contribution in [3.05, 3.63) is 65.7 Å². The summed E-state index contributed by atoms with van der Waals surface area (Å²) in [4.78, 5) is 17.1. The van der Waals surface area contributed by atoms with E-state index in [1.165, 1.54) is 11.9 Å². The number of aryl methyl sites for hydroxylation is 1. The predicted octanol–water partition coefficient (Wildman–Crippen LogP) is 3.48. The van der Waals surface area contributed by atoms with Crippen LogP contribution in [0.1, 0.15) is 48.4 Å². The smallest absolute Gasteiger partial charge is 0.251 e. The topological polar surface area (TPSA) is 80.0 Å². The molecule has 0 unspecified atom stereocenters. The molecule has 2 aromatic carbocycles. The Kier molecular flexibility index (Phi) is 5.90. The molecule has 0 aliphatic carbocycles. The second-order valence-electron chi connectivity index (χ2n) is 7.38. The van der Waals surface area contributed by atoms with Crippen LogP contribution >= 0.6 is 0 Å². The zero-order chi connectivity index (χ0) is 20.3. The zero-order valence-corrected chi connectivity index (χ0v) is 16.7. The molecule has 3 rings (SSSR count). The summed E-state index contributed by atoms with van der Waals surface area (Å²) in [5.74, 6) is 0.788. The first-order valence-electron chi connectivity index (χ1n) is 9.43. The third-order valence-corrected chi connectivity index (χ3v) is 4.55. The number of nitrogens with one attached hydrogen (secondary N) is 1. The minimum Gasteiger partial charge on any atom is -0.394 e. The van der Waals surface area contributed by atoms with Gasteiger partial charge in [0.1, 0.15) is 12.2 Å². The standard InChI is InChI=1S/C22H26N4O2/c1-14(2)21-23-13-24-26(21)20-10-18(17-7-5-15(3)6-8-17)9-19(11-20)22(28)25-16(4)12-27/h5-11,13-14,16,27H,12H2,1-4H3,(H,25,28)/t16-/m0/s1. The third kappa shape index (κ3) is 4.28. The number of rotatable bonds is 6. The number of amides is 1. The molecular formula is C22H26N4O2. The van der Waals surface area contributed by atoms with E-state index in [1.54, 1.807) is 17.7 Å². The van der Waals surface area contributed by atoms with Crippen molar-refractivity contribution in [2.75, 3.05) is 6.61 Å². The summed E-state index contributed by atoms with van der Waals surface area (Å²) in [6, 6.07) is 13.5. The van der Waals surface area contributed by atoms with E-state index in [-0.39, 0.29) is 24.5 Å². The molecule has 146 valence electrons. The van der Waals surface area contributed by atoms with Crippen molar-refractivity contribution in [2.24, 2.45) is 0 Å². The maximum atomic E-state index is 12.7. The van der Waals surface area contributed by atoms with Crippen LogP contribution < -0.4 is 5.32 Å². The van der Waals surface area contributed by atoms with Crippen LogP contribution in [-0.2, 0) is 0 Å². The molecule has 2 N–H and O–H groups in total. The number of aliphatic hydroxyl groups is 1. The fourth-order valence-corrected chi connectivity index (χ4v) is 2.97. The Balaban J connectivity index is 2.12. The first-order valence-corrected chi connectivity index (χ1v) is 9.43. The monoisotopic (exact) mass is 378 g/mol. The van der Waals surface area contributed by atoms with Gasteiger partial charge in [0.05, 0.1) is 12.3 Å². The van der Waals surface area contributed by atoms with Crippen LogP contribution in [-0.4, -0.2) is 38.4 Å². The highest BCUT2D eigenvalue weighted by atomic mass is 16.3. The normalized spacial score (nSPS) is 12.2. The molecule has 6 heteroatoms. The van der Waals surface area contributed by atoms with Crippen molar-refractivity contribution in [1.29, 1.82) is 0 Å². The number of hydrogen-bond acceptors (Lipinski definition) is 4. The average molecular weight is 378 g/mol. The summed E-state index contributed by atoms with van der Waals surface area (Å²) < 4.78 is 1.77. The maximum absolute atomic E-state index is 12.7. The molecule has 1 aromatic heterocycles. The highest BCUT2D eigenvalue weighted by Crippen LogP contribution is 2.26. The lowest BCUT2D eigenvalue weighted by atomic mass is 10.0. The Morgan fingerprint density at radius 2 is 1.82 bits per heavy atom. The highest BCUT2D eigenvalue weighted by Gasteiger charge is 2.16. The first-order chi connectivity index (χ1) is 13.4.